The molecule has 0 radical (unpaired) electrons. The van der Waals surface area contributed by atoms with E-state index in [1.54, 1.807) is 0 Å². The summed E-state index contributed by atoms with van der Waals surface area (Å²) >= 11 is 0. The monoisotopic (exact) mass is 296 g/mol. The van der Waals surface area contributed by atoms with Gasteiger partial charge < -0.3 is 27.9 Å². The van der Waals surface area contributed by atoms with Gasteiger partial charge in [0.1, 0.15) is 5.60 Å². The van der Waals surface area contributed by atoms with E-state index in [2.05, 4.69) is 10.7 Å². The van der Waals surface area contributed by atoms with E-state index in [0.29, 0.717) is 6.42 Å². The largest absolute Gasteiger partial charge is 1.00 e. The average molecular weight is 297 g/mol. The van der Waals surface area contributed by atoms with Gasteiger partial charge in [0, 0.05) is 23.5 Å². The fraction of sp³-hybridized carbons (Fsp3) is 0.400. The molecule has 2 rings (SSSR count). The van der Waals surface area contributed by atoms with Crippen molar-refractivity contribution in [1.29, 1.82) is 0 Å². The first-order valence-corrected chi connectivity index (χ1v) is 6.48. The van der Waals surface area contributed by atoms with Gasteiger partial charge in [-0.1, -0.05) is 18.2 Å². The number of fused-ring (bicyclic) bond motifs is 1. The molecule has 1 atom stereocenters. The summed E-state index contributed by atoms with van der Waals surface area (Å²) in [7, 11) is 0. The van der Waals surface area contributed by atoms with Crippen LogP contribution in [0.1, 0.15) is 26.3 Å². The standard InChI is InChI=1S/C15H20N2O2.ClH/c1-15(2,3)19-14(18)12(16)8-10-9-17-13-7-5-4-6-11(10)13;/h4-7,9,12,17H,8,16H2,1-3H3;1H/t12-;/m0./s1. The summed E-state index contributed by atoms with van der Waals surface area (Å²) in [4.78, 5) is 15.1. The number of carbonyl (C=O) groups excluding carboxylic acids is 1. The highest BCUT2D eigenvalue weighted by Crippen LogP contribution is 2.19. The number of hydrogen-bond donors (Lipinski definition) is 2. The predicted octanol–water partition coefficient (Wildman–Crippen LogP) is -1.33. The van der Waals surface area contributed by atoms with Gasteiger partial charge >= 0.3 is 5.97 Å². The topological polar surface area (TPSA) is 69.7 Å². The predicted molar refractivity (Wildman–Crippen MR) is 74.5 cm³/mol. The molecule has 4 nitrogen and oxygen atoms in total. The summed E-state index contributed by atoms with van der Waals surface area (Å²) in [5, 5.41) is 1.14. The van der Waals surface area contributed by atoms with E-state index < -0.39 is 11.6 Å². The minimum absolute atomic E-state index is 0. The highest BCUT2D eigenvalue weighted by atomic mass is 35.5. The highest BCUT2D eigenvalue weighted by molar-refractivity contribution is 5.84. The van der Waals surface area contributed by atoms with Gasteiger partial charge in [-0.3, -0.25) is 0 Å². The summed E-state index contributed by atoms with van der Waals surface area (Å²) in [5.74, 6) is -0.252. The quantitative estimate of drug-likeness (QED) is 0.689. The molecule has 1 aromatic heterocycles. The molecule has 110 valence electrons. The Morgan fingerprint density at radius 2 is 2.00 bits per heavy atom. The number of quaternary nitrogens is 1. The Morgan fingerprint density at radius 3 is 2.65 bits per heavy atom. The molecule has 0 spiro atoms. The average Bonchev–Trinajstić information content (AvgIpc) is 2.70. The number of ether oxygens (including phenoxy) is 1. The van der Waals surface area contributed by atoms with Crippen LogP contribution in [0.5, 0.6) is 0 Å². The van der Waals surface area contributed by atoms with E-state index in [0.717, 1.165) is 16.5 Å². The summed E-state index contributed by atoms with van der Waals surface area (Å²) in [6.45, 7) is 5.59. The number of aromatic amines is 1. The lowest BCUT2D eigenvalue weighted by atomic mass is 10.1. The van der Waals surface area contributed by atoms with Gasteiger partial charge in [0.2, 0.25) is 0 Å². The number of nitrogens with one attached hydrogen (secondary N) is 1. The molecule has 0 amide bonds. The number of carbonyl (C=O) groups is 1. The van der Waals surface area contributed by atoms with E-state index in [1.165, 1.54) is 0 Å². The maximum absolute atomic E-state index is 11.9. The van der Waals surface area contributed by atoms with E-state index in [-0.39, 0.29) is 18.4 Å². The molecule has 2 aromatic rings. The highest BCUT2D eigenvalue weighted by Gasteiger charge is 2.25. The minimum Gasteiger partial charge on any atom is -1.00 e. The third-order valence-corrected chi connectivity index (χ3v) is 2.88. The van der Waals surface area contributed by atoms with Crippen LogP contribution in [0.4, 0.5) is 0 Å². The Labute approximate surface area is 125 Å². The van der Waals surface area contributed by atoms with Crippen molar-refractivity contribution in [3.63, 3.8) is 0 Å². The molecule has 0 unspecified atom stereocenters. The zero-order valence-electron chi connectivity index (χ0n) is 12.1. The minimum atomic E-state index is -0.465. The first-order valence-electron chi connectivity index (χ1n) is 6.48. The van der Waals surface area contributed by atoms with Gasteiger partial charge in [-0.05, 0) is 32.4 Å². The number of hydrogen-bond acceptors (Lipinski definition) is 2. The zero-order chi connectivity index (χ0) is 14.0. The van der Waals surface area contributed by atoms with Gasteiger partial charge in [-0.15, -0.1) is 0 Å². The lowest BCUT2D eigenvalue weighted by Crippen LogP contribution is -3.00. The maximum atomic E-state index is 11.9. The Bertz CT molecular complexity index is 587. The van der Waals surface area contributed by atoms with Crippen LogP contribution in [0.15, 0.2) is 30.5 Å². The molecule has 20 heavy (non-hydrogen) atoms. The van der Waals surface area contributed by atoms with Gasteiger partial charge in [0.05, 0.1) is 0 Å². The van der Waals surface area contributed by atoms with Gasteiger partial charge in [-0.2, -0.15) is 0 Å². The molecular formula is C15H21ClN2O2. The number of para-hydroxylation sites is 1. The van der Waals surface area contributed by atoms with E-state index >= 15 is 0 Å². The van der Waals surface area contributed by atoms with Crippen molar-refractivity contribution in [2.24, 2.45) is 0 Å². The molecule has 1 aromatic carbocycles. The first-order chi connectivity index (χ1) is 8.87. The molecule has 0 fully saturated rings. The van der Waals surface area contributed by atoms with E-state index in [1.807, 2.05) is 51.2 Å². The Kier molecular flexibility index (Phi) is 5.20. The van der Waals surface area contributed by atoms with Crippen LogP contribution in [0.3, 0.4) is 0 Å². The molecule has 4 N–H and O–H groups in total. The molecular weight excluding hydrogens is 276 g/mol. The van der Waals surface area contributed by atoms with Crippen molar-refractivity contribution in [1.82, 2.24) is 4.98 Å². The van der Waals surface area contributed by atoms with Crippen LogP contribution in [-0.2, 0) is 16.0 Å². The Hall–Kier alpha value is -1.52. The Morgan fingerprint density at radius 1 is 1.35 bits per heavy atom. The number of halogens is 1. The van der Waals surface area contributed by atoms with E-state index in [9.17, 15) is 4.79 Å². The van der Waals surface area contributed by atoms with Crippen LogP contribution in [-0.4, -0.2) is 22.6 Å². The first kappa shape index (κ1) is 16.5. The summed E-state index contributed by atoms with van der Waals surface area (Å²) in [6, 6.07) is 7.65. The number of aromatic nitrogens is 1. The fourth-order valence-electron chi connectivity index (χ4n) is 2.03. The van der Waals surface area contributed by atoms with Gasteiger partial charge in [0.15, 0.2) is 6.04 Å². The molecule has 0 aliphatic heterocycles. The second kappa shape index (κ2) is 6.29. The van der Waals surface area contributed by atoms with Crippen molar-refractivity contribution in [3.8, 4) is 0 Å². The normalized spacial score (nSPS) is 12.8. The van der Waals surface area contributed by atoms with Crippen molar-refractivity contribution in [2.75, 3.05) is 0 Å². The van der Waals surface area contributed by atoms with E-state index in [4.69, 9.17) is 4.74 Å². The van der Waals surface area contributed by atoms with Crippen LogP contribution in [0, 0.1) is 0 Å². The van der Waals surface area contributed by atoms with Crippen LogP contribution in [0.2, 0.25) is 0 Å². The number of benzene rings is 1. The molecule has 0 bridgehead atoms. The number of esters is 1. The van der Waals surface area contributed by atoms with Gasteiger partial charge in [-0.25, -0.2) is 4.79 Å². The number of H-pyrrole nitrogens is 1. The molecule has 0 saturated carbocycles. The third-order valence-electron chi connectivity index (χ3n) is 2.88. The lowest BCUT2D eigenvalue weighted by Gasteiger charge is -2.20. The zero-order valence-corrected chi connectivity index (χ0v) is 12.8. The molecule has 0 saturated heterocycles. The smallest absolute Gasteiger partial charge is 0.365 e. The fourth-order valence-corrected chi connectivity index (χ4v) is 2.03. The maximum Gasteiger partial charge on any atom is 0.365 e. The van der Waals surface area contributed by atoms with Crippen molar-refractivity contribution >= 4 is 16.9 Å². The second-order valence-electron chi connectivity index (χ2n) is 5.79. The third kappa shape index (κ3) is 3.99. The Balaban J connectivity index is 0.00000200. The number of rotatable bonds is 3. The van der Waals surface area contributed by atoms with Crippen molar-refractivity contribution in [2.45, 2.75) is 38.8 Å². The summed E-state index contributed by atoms with van der Waals surface area (Å²) < 4.78 is 5.35. The SMILES string of the molecule is CC(C)(C)OC(=O)[C@@H]([NH3+])Cc1c[nH]c2ccccc12.[Cl-]. The van der Waals surface area contributed by atoms with Crippen LogP contribution in [0.25, 0.3) is 10.9 Å². The molecule has 0 aliphatic rings. The second-order valence-corrected chi connectivity index (χ2v) is 5.79. The van der Waals surface area contributed by atoms with Crippen LogP contribution >= 0.6 is 0 Å². The van der Waals surface area contributed by atoms with Crippen molar-refractivity contribution in [3.05, 3.63) is 36.0 Å². The molecule has 0 aliphatic carbocycles. The molecule has 1 heterocycles. The lowest BCUT2D eigenvalue weighted by molar-refractivity contribution is -0.409. The summed E-state index contributed by atoms with van der Waals surface area (Å²) in [5.41, 5.74) is 5.63. The van der Waals surface area contributed by atoms with Crippen molar-refractivity contribution < 1.29 is 27.7 Å². The molecule has 5 heteroatoms. The van der Waals surface area contributed by atoms with Crippen LogP contribution < -0.4 is 18.1 Å². The summed E-state index contributed by atoms with van der Waals surface area (Å²) in [6.07, 6.45) is 2.52. The van der Waals surface area contributed by atoms with Gasteiger partial charge in [0.25, 0.3) is 0 Å².